The van der Waals surface area contributed by atoms with Gasteiger partial charge < -0.3 is 28.4 Å². The standard InChI is InChI=1S/C35H41FO7S/c1-24(2)26-8-15-30-31(22-26)44-34(25-6-9-27(36)10-7-25)33(30)42-29-13-11-28(12-14-29)41-21-20-39-17-16-38-18-19-40-23-32(37)43-35(3,4)5/h6-15,22,24H,16-21,23H2,1-5H3. The van der Waals surface area contributed by atoms with Gasteiger partial charge in [0.1, 0.15) is 36.1 Å². The molecule has 3 aromatic carbocycles. The number of ether oxygens (including phenoxy) is 6. The highest BCUT2D eigenvalue weighted by Crippen LogP contribution is 2.47. The topological polar surface area (TPSA) is 72.5 Å². The van der Waals surface area contributed by atoms with Crippen molar-refractivity contribution in [2.75, 3.05) is 46.2 Å². The molecule has 1 aromatic heterocycles. The summed E-state index contributed by atoms with van der Waals surface area (Å²) in [6.07, 6.45) is 0. The molecule has 236 valence electrons. The van der Waals surface area contributed by atoms with E-state index in [-0.39, 0.29) is 12.4 Å². The van der Waals surface area contributed by atoms with E-state index in [0.29, 0.717) is 57.1 Å². The normalized spacial score (nSPS) is 11.7. The molecule has 44 heavy (non-hydrogen) atoms. The van der Waals surface area contributed by atoms with Crippen molar-refractivity contribution in [3.05, 3.63) is 78.1 Å². The van der Waals surface area contributed by atoms with Crippen LogP contribution in [0.2, 0.25) is 0 Å². The second-order valence-electron chi connectivity index (χ2n) is 11.5. The minimum Gasteiger partial charge on any atom is -0.491 e. The van der Waals surface area contributed by atoms with Gasteiger partial charge in [-0.2, -0.15) is 0 Å². The van der Waals surface area contributed by atoms with Gasteiger partial charge in [-0.15, -0.1) is 11.3 Å². The summed E-state index contributed by atoms with van der Waals surface area (Å²) in [6.45, 7) is 12.0. The Hall–Kier alpha value is -3.50. The van der Waals surface area contributed by atoms with Crippen molar-refractivity contribution < 1.29 is 37.6 Å². The van der Waals surface area contributed by atoms with Crippen LogP contribution < -0.4 is 9.47 Å². The van der Waals surface area contributed by atoms with E-state index < -0.39 is 11.6 Å². The van der Waals surface area contributed by atoms with Crippen LogP contribution in [-0.2, 0) is 23.7 Å². The number of fused-ring (bicyclic) bond motifs is 1. The van der Waals surface area contributed by atoms with Crippen molar-refractivity contribution in [3.63, 3.8) is 0 Å². The van der Waals surface area contributed by atoms with Gasteiger partial charge in [0.2, 0.25) is 0 Å². The van der Waals surface area contributed by atoms with Gasteiger partial charge in [-0.1, -0.05) is 32.0 Å². The third kappa shape index (κ3) is 10.3. The van der Waals surface area contributed by atoms with Crippen LogP contribution in [0.3, 0.4) is 0 Å². The molecule has 0 bridgehead atoms. The lowest BCUT2D eigenvalue weighted by Gasteiger charge is -2.19. The summed E-state index contributed by atoms with van der Waals surface area (Å²) in [6, 6.07) is 20.4. The number of carbonyl (C=O) groups excluding carboxylic acids is 1. The predicted octanol–water partition coefficient (Wildman–Crippen LogP) is 8.39. The average molecular weight is 625 g/mol. The smallest absolute Gasteiger partial charge is 0.332 e. The highest BCUT2D eigenvalue weighted by Gasteiger charge is 2.18. The van der Waals surface area contributed by atoms with E-state index >= 15 is 0 Å². The molecule has 0 radical (unpaired) electrons. The average Bonchev–Trinajstić information content (AvgIpc) is 3.33. The molecule has 0 saturated heterocycles. The van der Waals surface area contributed by atoms with Crippen molar-refractivity contribution >= 4 is 27.4 Å². The van der Waals surface area contributed by atoms with Gasteiger partial charge in [0.25, 0.3) is 0 Å². The third-order valence-corrected chi connectivity index (χ3v) is 7.55. The second kappa shape index (κ2) is 16.0. The summed E-state index contributed by atoms with van der Waals surface area (Å²) in [7, 11) is 0. The fraction of sp³-hybridized carbons (Fsp3) is 0.400. The first-order valence-electron chi connectivity index (χ1n) is 14.8. The minimum atomic E-state index is -0.522. The molecule has 0 fully saturated rings. The molecular formula is C35H41FO7S. The first kappa shape index (κ1) is 33.4. The molecule has 0 N–H and O–H groups in total. The Kier molecular flexibility index (Phi) is 12.1. The molecule has 0 amide bonds. The van der Waals surface area contributed by atoms with E-state index in [0.717, 1.165) is 26.3 Å². The Morgan fingerprint density at radius 2 is 1.41 bits per heavy atom. The number of halogens is 1. The van der Waals surface area contributed by atoms with Crippen LogP contribution in [0.1, 0.15) is 46.1 Å². The fourth-order valence-corrected chi connectivity index (χ4v) is 5.43. The molecule has 0 aliphatic carbocycles. The summed E-state index contributed by atoms with van der Waals surface area (Å²) in [5.74, 6) is 1.88. The Balaban J connectivity index is 1.21. The molecular weight excluding hydrogens is 583 g/mol. The zero-order valence-electron chi connectivity index (χ0n) is 26.0. The first-order valence-corrected chi connectivity index (χ1v) is 15.6. The minimum absolute atomic E-state index is 0.0945. The molecule has 0 aliphatic rings. The summed E-state index contributed by atoms with van der Waals surface area (Å²) < 4.78 is 48.4. The highest BCUT2D eigenvalue weighted by molar-refractivity contribution is 7.22. The first-order chi connectivity index (χ1) is 21.1. The molecule has 0 spiro atoms. The van der Waals surface area contributed by atoms with Gasteiger partial charge in [0, 0.05) is 10.1 Å². The van der Waals surface area contributed by atoms with Gasteiger partial charge in [-0.25, -0.2) is 9.18 Å². The fourth-order valence-electron chi connectivity index (χ4n) is 4.25. The number of hydrogen-bond acceptors (Lipinski definition) is 8. The molecule has 0 unspecified atom stereocenters. The summed E-state index contributed by atoms with van der Waals surface area (Å²) >= 11 is 1.65. The Bertz CT molecular complexity index is 1470. The van der Waals surface area contributed by atoms with Crippen molar-refractivity contribution in [3.8, 4) is 27.7 Å². The Labute approximate surface area is 262 Å². The summed E-state index contributed by atoms with van der Waals surface area (Å²) in [5, 5.41) is 1.02. The molecule has 0 aliphatic heterocycles. The number of benzene rings is 3. The molecule has 7 nitrogen and oxygen atoms in total. The van der Waals surface area contributed by atoms with E-state index in [4.69, 9.17) is 28.4 Å². The second-order valence-corrected chi connectivity index (χ2v) is 12.5. The van der Waals surface area contributed by atoms with E-state index in [1.165, 1.54) is 17.7 Å². The number of hydrogen-bond donors (Lipinski definition) is 0. The monoisotopic (exact) mass is 624 g/mol. The van der Waals surface area contributed by atoms with E-state index in [1.807, 2.05) is 45.0 Å². The summed E-state index contributed by atoms with van der Waals surface area (Å²) in [5.41, 5.74) is 1.65. The molecule has 0 atom stereocenters. The molecule has 1 heterocycles. The van der Waals surface area contributed by atoms with E-state index in [9.17, 15) is 9.18 Å². The lowest BCUT2D eigenvalue weighted by atomic mass is 10.0. The van der Waals surface area contributed by atoms with Gasteiger partial charge in [-0.3, -0.25) is 0 Å². The van der Waals surface area contributed by atoms with Crippen LogP contribution in [-0.4, -0.2) is 57.8 Å². The van der Waals surface area contributed by atoms with Crippen LogP contribution in [0, 0.1) is 5.82 Å². The van der Waals surface area contributed by atoms with Gasteiger partial charge in [-0.05, 0) is 86.3 Å². The van der Waals surface area contributed by atoms with Crippen molar-refractivity contribution in [1.29, 1.82) is 0 Å². The molecule has 0 saturated carbocycles. The van der Waals surface area contributed by atoms with Crippen molar-refractivity contribution in [1.82, 2.24) is 0 Å². The maximum absolute atomic E-state index is 13.6. The zero-order chi connectivity index (χ0) is 31.5. The van der Waals surface area contributed by atoms with Gasteiger partial charge in [0.05, 0.1) is 37.9 Å². The lowest BCUT2D eigenvalue weighted by molar-refractivity contribution is -0.160. The summed E-state index contributed by atoms with van der Waals surface area (Å²) in [4.78, 5) is 12.5. The molecule has 9 heteroatoms. The quantitative estimate of drug-likeness (QED) is 0.0916. The molecule has 4 rings (SSSR count). The maximum Gasteiger partial charge on any atom is 0.332 e. The van der Waals surface area contributed by atoms with E-state index in [1.54, 1.807) is 23.5 Å². The van der Waals surface area contributed by atoms with E-state index in [2.05, 4.69) is 32.0 Å². The maximum atomic E-state index is 13.6. The number of carbonyl (C=O) groups is 1. The number of thiophene rings is 1. The number of rotatable bonds is 16. The van der Waals surface area contributed by atoms with Crippen molar-refractivity contribution in [2.24, 2.45) is 0 Å². The molecule has 4 aromatic rings. The van der Waals surface area contributed by atoms with Crippen LogP contribution in [0.5, 0.6) is 17.2 Å². The Morgan fingerprint density at radius 1 is 0.795 bits per heavy atom. The number of esters is 1. The van der Waals surface area contributed by atoms with Crippen LogP contribution in [0.25, 0.3) is 20.5 Å². The van der Waals surface area contributed by atoms with Crippen LogP contribution >= 0.6 is 11.3 Å². The van der Waals surface area contributed by atoms with Crippen molar-refractivity contribution in [2.45, 2.75) is 46.1 Å². The van der Waals surface area contributed by atoms with Crippen LogP contribution in [0.4, 0.5) is 4.39 Å². The SMILES string of the molecule is CC(C)c1ccc2c(Oc3ccc(OCCOCCOCCOCC(=O)OC(C)(C)C)cc3)c(-c3ccc(F)cc3)sc2c1. The predicted molar refractivity (Wildman–Crippen MR) is 172 cm³/mol. The lowest BCUT2D eigenvalue weighted by Crippen LogP contribution is -2.27. The van der Waals surface area contributed by atoms with Crippen LogP contribution in [0.15, 0.2) is 66.7 Å². The van der Waals surface area contributed by atoms with Gasteiger partial charge in [0.15, 0.2) is 5.75 Å². The van der Waals surface area contributed by atoms with Gasteiger partial charge >= 0.3 is 5.97 Å². The zero-order valence-corrected chi connectivity index (χ0v) is 26.8. The third-order valence-electron chi connectivity index (χ3n) is 6.37. The Morgan fingerprint density at radius 3 is 2.05 bits per heavy atom. The largest absolute Gasteiger partial charge is 0.491 e. The highest BCUT2D eigenvalue weighted by atomic mass is 32.1.